The van der Waals surface area contributed by atoms with Crippen molar-refractivity contribution in [1.82, 2.24) is 0 Å². The van der Waals surface area contributed by atoms with Crippen molar-refractivity contribution < 1.29 is 118 Å². The summed E-state index contributed by atoms with van der Waals surface area (Å²) in [4.78, 5) is 29.6. The molecule has 6 nitrogen and oxygen atoms in total. The van der Waals surface area contributed by atoms with E-state index in [1.807, 2.05) is 0 Å². The Hall–Kier alpha value is 3.04. The maximum absolute atomic E-state index is 11.2. The van der Waals surface area contributed by atoms with Gasteiger partial charge < -0.3 is 24.4 Å². The molecule has 0 fully saturated rings. The Morgan fingerprint density at radius 3 is 1.94 bits per heavy atom. The molecule has 0 heterocycles. The van der Waals surface area contributed by atoms with E-state index in [4.69, 9.17) is 4.89 Å². The van der Waals surface area contributed by atoms with Crippen LogP contribution in [0.5, 0.6) is 0 Å². The quantitative estimate of drug-likeness (QED) is 0.294. The molecule has 0 aliphatic rings. The van der Waals surface area contributed by atoms with Gasteiger partial charge in [0.05, 0.1) is 5.90 Å². The van der Waals surface area contributed by atoms with Gasteiger partial charge in [-0.1, -0.05) is 19.6 Å². The maximum Gasteiger partial charge on any atom is 1.00 e. The number of rotatable bonds is 6. The molecule has 0 aliphatic heterocycles. The number of hydrogen-bond donors (Lipinski definition) is 1. The van der Waals surface area contributed by atoms with E-state index >= 15 is 0 Å². The summed E-state index contributed by atoms with van der Waals surface area (Å²) < 4.78 is 21.4. The van der Waals surface area contributed by atoms with Crippen molar-refractivity contribution >= 4 is 15.0 Å². The minimum Gasteiger partial charge on any atom is -0.849 e. The maximum atomic E-state index is 11.2. The van der Waals surface area contributed by atoms with Gasteiger partial charge in [0, 0.05) is 6.16 Å². The molecule has 0 radical (unpaired) electrons. The predicted molar refractivity (Wildman–Crippen MR) is 50.4 cm³/mol. The van der Waals surface area contributed by atoms with E-state index in [1.54, 1.807) is 0 Å². The summed E-state index contributed by atoms with van der Waals surface area (Å²) in [7, 11) is -9.05. The third-order valence-electron chi connectivity index (χ3n) is 1.68. The van der Waals surface area contributed by atoms with Crippen LogP contribution in [0.3, 0.4) is 0 Å². The van der Waals surface area contributed by atoms with Gasteiger partial charge in [-0.25, -0.2) is 0 Å². The first-order chi connectivity index (χ1) is 6.53. The normalized spacial score (nSPS) is 15.2. The van der Waals surface area contributed by atoms with Gasteiger partial charge in [0.2, 0.25) is 7.37 Å². The van der Waals surface area contributed by atoms with Crippen LogP contribution in [0.15, 0.2) is 12.2 Å². The molecule has 11 heteroatoms. The minimum atomic E-state index is -5.01. The van der Waals surface area contributed by atoms with Crippen molar-refractivity contribution in [3.63, 3.8) is 0 Å². The summed E-state index contributed by atoms with van der Waals surface area (Å²) in [5.74, 6) is -1.29. The predicted octanol–water partition coefficient (Wildman–Crippen LogP) is -10.2. The minimum absolute atomic E-state index is 0. The van der Waals surface area contributed by atoms with Crippen LogP contribution in [-0.2, 0) is 9.13 Å². The first-order valence-electron chi connectivity index (χ1n) is 4.17. The molecule has 0 rings (SSSR count). The molecule has 0 bridgehead atoms. The second-order valence-electron chi connectivity index (χ2n) is 3.45. The van der Waals surface area contributed by atoms with E-state index in [2.05, 4.69) is 6.58 Å². The first-order valence-corrected chi connectivity index (χ1v) is 7.92. The Labute approximate surface area is 173 Å². The third kappa shape index (κ3) is 17.1. The molecule has 0 spiro atoms. The zero-order chi connectivity index (χ0) is 12.3. The topological polar surface area (TPSA) is 124 Å². The molecule has 0 aromatic carbocycles. The molecule has 0 amide bonds. The van der Waals surface area contributed by atoms with Gasteiger partial charge in [0.1, 0.15) is 0 Å². The smallest absolute Gasteiger partial charge is 0.849 e. The Kier molecular flexibility index (Phi) is 20.3. The van der Waals surface area contributed by atoms with E-state index in [0.29, 0.717) is 5.57 Å². The molecule has 2 unspecified atom stereocenters. The van der Waals surface area contributed by atoms with Gasteiger partial charge in [0.15, 0.2) is 0 Å². The monoisotopic (exact) mass is 324 g/mol. The Bertz CT molecular complexity index is 331. The molecule has 1 N–H and O–H groups in total. The van der Waals surface area contributed by atoms with Gasteiger partial charge in [-0.15, -0.1) is 12.7 Å². The van der Waals surface area contributed by atoms with Crippen molar-refractivity contribution in [2.75, 3.05) is 12.1 Å². The molecule has 90 valence electrons. The van der Waals surface area contributed by atoms with Crippen LogP contribution in [0.2, 0.25) is 0 Å². The van der Waals surface area contributed by atoms with Gasteiger partial charge in [-0.2, -0.15) is 0 Å². The van der Waals surface area contributed by atoms with Crippen molar-refractivity contribution in [2.45, 2.75) is 19.4 Å². The molecule has 0 saturated carbocycles. The second kappa shape index (κ2) is 12.6. The van der Waals surface area contributed by atoms with Crippen molar-refractivity contribution in [3.8, 4) is 0 Å². The molecule has 0 aromatic rings. The zero-order valence-corrected chi connectivity index (χ0v) is 19.1. The summed E-state index contributed by atoms with van der Waals surface area (Å²) in [6, 6.07) is 0. The van der Waals surface area contributed by atoms with Crippen LogP contribution >= 0.6 is 15.0 Å². The first kappa shape index (κ1) is 29.1. The average molecular weight is 324 g/mol. The van der Waals surface area contributed by atoms with Crippen LogP contribution in [0, 0.1) is 0 Å². The average Bonchev–Trinajstić information content (AvgIpc) is 1.95. The summed E-state index contributed by atoms with van der Waals surface area (Å²) >= 11 is 0. The Morgan fingerprint density at radius 1 is 1.28 bits per heavy atom. The van der Waals surface area contributed by atoms with Crippen LogP contribution < -0.4 is 104 Å². The molecule has 0 saturated heterocycles. The van der Waals surface area contributed by atoms with Crippen molar-refractivity contribution in [2.24, 2.45) is 0 Å². The molecular formula is C7H13Na3O6P2. The van der Waals surface area contributed by atoms with Gasteiger partial charge in [-0.05, 0) is 6.92 Å². The Morgan fingerprint density at radius 2 is 1.67 bits per heavy atom. The summed E-state index contributed by atoms with van der Waals surface area (Å²) in [6.07, 6.45) is -1.87. The number of hydrogen-bond acceptors (Lipinski definition) is 5. The zero-order valence-electron chi connectivity index (χ0n) is 11.3. The largest absolute Gasteiger partial charge is 1.00 e. The fourth-order valence-electron chi connectivity index (χ4n) is 0.907. The van der Waals surface area contributed by atoms with E-state index < -0.39 is 33.1 Å². The van der Waals surface area contributed by atoms with Crippen molar-refractivity contribution in [3.05, 3.63) is 12.2 Å². The van der Waals surface area contributed by atoms with Crippen molar-refractivity contribution in [1.29, 1.82) is 0 Å². The van der Waals surface area contributed by atoms with Gasteiger partial charge in [-0.3, -0.25) is 4.57 Å². The Balaban J connectivity index is -0.000000327. The molecule has 0 aromatic heterocycles. The fraction of sp³-hybridized carbons (Fsp3) is 0.714. The van der Waals surface area contributed by atoms with Crippen LogP contribution in [0.25, 0.3) is 0 Å². The van der Waals surface area contributed by atoms with Gasteiger partial charge >= 0.3 is 88.7 Å². The fourth-order valence-corrected chi connectivity index (χ4v) is 4.28. The van der Waals surface area contributed by atoms with E-state index in [0.717, 1.165) is 0 Å². The SMILES string of the molecule is C=C(C)C([O-])CCP(=O)(O)CP(=O)([O-])[O-].[Na+].[Na+].[Na+]. The van der Waals surface area contributed by atoms with E-state index in [1.165, 1.54) is 6.92 Å². The summed E-state index contributed by atoms with van der Waals surface area (Å²) in [5.41, 5.74) is 0.308. The summed E-state index contributed by atoms with van der Waals surface area (Å²) in [5, 5.41) is 11.1. The molecular weight excluding hydrogens is 311 g/mol. The van der Waals surface area contributed by atoms with Crippen LogP contribution in [-0.4, -0.2) is 23.1 Å². The standard InChI is InChI=1S/C7H15O6P2.3Na/c1-6(2)7(8)3-4-14(9,10)5-15(11,12)13;;;/h7H,1,3-5H2,2H3,(H,9,10)(H2,11,12,13);;;/q-1;3*+1/p-2. The summed E-state index contributed by atoms with van der Waals surface area (Å²) in [6.45, 7) is 4.85. The second-order valence-corrected chi connectivity index (χ2v) is 7.94. The third-order valence-corrected chi connectivity index (χ3v) is 5.80. The molecule has 0 aliphatic carbocycles. The van der Waals surface area contributed by atoms with E-state index in [-0.39, 0.29) is 95.1 Å². The van der Waals surface area contributed by atoms with E-state index in [9.17, 15) is 24.0 Å². The molecule has 2 atom stereocenters. The van der Waals surface area contributed by atoms with Crippen LogP contribution in [0.1, 0.15) is 13.3 Å². The van der Waals surface area contributed by atoms with Crippen LogP contribution in [0.4, 0.5) is 0 Å². The molecule has 18 heavy (non-hydrogen) atoms. The van der Waals surface area contributed by atoms with Gasteiger partial charge in [0.25, 0.3) is 0 Å².